The van der Waals surface area contributed by atoms with Crippen molar-refractivity contribution in [2.24, 2.45) is 5.92 Å². The lowest BCUT2D eigenvalue weighted by molar-refractivity contribution is 0.0824. The van der Waals surface area contributed by atoms with Crippen molar-refractivity contribution in [2.75, 3.05) is 0 Å². The van der Waals surface area contributed by atoms with Gasteiger partial charge in [0.1, 0.15) is 0 Å². The molecule has 5 heteroatoms. The number of aryl methyl sites for hydroxylation is 1. The molecule has 2 aliphatic rings. The second-order valence-electron chi connectivity index (χ2n) is 6.46. The molecule has 0 saturated carbocycles. The molecule has 2 atom stereocenters. The molecule has 0 radical (unpaired) electrons. The van der Waals surface area contributed by atoms with Gasteiger partial charge in [0.25, 0.3) is 0 Å². The molecule has 21 heavy (non-hydrogen) atoms. The van der Waals surface area contributed by atoms with Crippen molar-refractivity contribution in [2.45, 2.75) is 51.1 Å². The third-order valence-corrected chi connectivity index (χ3v) is 4.81. The quantitative estimate of drug-likeness (QED) is 0.858. The molecule has 2 aromatic heterocycles. The minimum absolute atomic E-state index is 0.137. The van der Waals surface area contributed by atoms with Gasteiger partial charge < -0.3 is 5.32 Å². The zero-order valence-electron chi connectivity index (χ0n) is 12.2. The Labute approximate surface area is 123 Å². The molecule has 2 aromatic rings. The van der Waals surface area contributed by atoms with Crippen molar-refractivity contribution < 1.29 is 4.79 Å². The Morgan fingerprint density at radius 1 is 1.33 bits per heavy atom. The number of nitrogens with zero attached hydrogens (tertiary/aromatic N) is 3. The molecule has 2 fully saturated rings. The molecule has 2 saturated heterocycles. The first-order valence-electron chi connectivity index (χ1n) is 7.81. The maximum Gasteiger partial charge on any atom is 0.169 e. The first kappa shape index (κ1) is 13.0. The van der Waals surface area contributed by atoms with Crippen LogP contribution in [0.1, 0.15) is 48.2 Å². The zero-order valence-corrected chi connectivity index (χ0v) is 12.2. The van der Waals surface area contributed by atoms with Crippen LogP contribution in [0, 0.1) is 12.8 Å². The molecular weight excluding hydrogens is 264 g/mol. The molecule has 2 aliphatic heterocycles. The van der Waals surface area contributed by atoms with Crippen LogP contribution in [0.4, 0.5) is 0 Å². The molecule has 2 bridgehead atoms. The number of rotatable bonds is 2. The SMILES string of the molecule is Cc1cc2ncc(C(=O)C3CC4CCCC(C3)N4)cn2n1. The summed E-state index contributed by atoms with van der Waals surface area (Å²) in [5.41, 5.74) is 2.41. The van der Waals surface area contributed by atoms with E-state index in [4.69, 9.17) is 0 Å². The number of nitrogens with one attached hydrogen (secondary N) is 1. The summed E-state index contributed by atoms with van der Waals surface area (Å²) in [5.74, 6) is 0.369. The summed E-state index contributed by atoms with van der Waals surface area (Å²) in [4.78, 5) is 17.1. The summed E-state index contributed by atoms with van der Waals surface area (Å²) < 4.78 is 1.71. The van der Waals surface area contributed by atoms with E-state index in [0.717, 1.165) is 24.2 Å². The largest absolute Gasteiger partial charge is 0.311 e. The lowest BCUT2D eigenvalue weighted by atomic mass is 9.77. The van der Waals surface area contributed by atoms with E-state index in [9.17, 15) is 4.79 Å². The second kappa shape index (κ2) is 4.91. The number of hydrogen-bond acceptors (Lipinski definition) is 4. The second-order valence-corrected chi connectivity index (χ2v) is 6.46. The fraction of sp³-hybridized carbons (Fsp3) is 0.562. The number of ketones is 1. The molecule has 0 amide bonds. The maximum absolute atomic E-state index is 12.8. The molecule has 0 spiro atoms. The average Bonchev–Trinajstić information content (AvgIpc) is 2.85. The van der Waals surface area contributed by atoms with Gasteiger partial charge in [0.05, 0.1) is 11.3 Å². The van der Waals surface area contributed by atoms with Crippen molar-refractivity contribution in [3.05, 3.63) is 29.7 Å². The lowest BCUT2D eigenvalue weighted by Gasteiger charge is -2.39. The van der Waals surface area contributed by atoms with E-state index in [2.05, 4.69) is 15.4 Å². The van der Waals surface area contributed by atoms with Crippen molar-refractivity contribution in [3.8, 4) is 0 Å². The number of carbonyl (C=O) groups is 1. The van der Waals surface area contributed by atoms with Crippen LogP contribution >= 0.6 is 0 Å². The highest BCUT2D eigenvalue weighted by Gasteiger charge is 2.35. The van der Waals surface area contributed by atoms with Crippen LogP contribution in [0.25, 0.3) is 5.65 Å². The van der Waals surface area contributed by atoms with Gasteiger partial charge in [-0.2, -0.15) is 5.10 Å². The molecule has 0 aliphatic carbocycles. The first-order chi connectivity index (χ1) is 10.2. The van der Waals surface area contributed by atoms with Crippen molar-refractivity contribution in [3.63, 3.8) is 0 Å². The van der Waals surface area contributed by atoms with Gasteiger partial charge in [-0.25, -0.2) is 9.50 Å². The van der Waals surface area contributed by atoms with Crippen LogP contribution in [-0.2, 0) is 0 Å². The predicted molar refractivity (Wildman–Crippen MR) is 79.3 cm³/mol. The molecule has 4 heterocycles. The van der Waals surface area contributed by atoms with Gasteiger partial charge in [-0.05, 0) is 32.6 Å². The first-order valence-corrected chi connectivity index (χ1v) is 7.81. The van der Waals surface area contributed by atoms with Gasteiger partial charge in [0.2, 0.25) is 0 Å². The third kappa shape index (κ3) is 2.35. The summed E-state index contributed by atoms with van der Waals surface area (Å²) in [7, 11) is 0. The summed E-state index contributed by atoms with van der Waals surface area (Å²) in [6.45, 7) is 1.93. The van der Waals surface area contributed by atoms with E-state index in [0.29, 0.717) is 17.6 Å². The van der Waals surface area contributed by atoms with Gasteiger partial charge in [0, 0.05) is 36.5 Å². The van der Waals surface area contributed by atoms with E-state index < -0.39 is 0 Å². The van der Waals surface area contributed by atoms with Gasteiger partial charge in [-0.1, -0.05) is 6.42 Å². The molecule has 2 unspecified atom stereocenters. The highest BCUT2D eigenvalue weighted by atomic mass is 16.1. The van der Waals surface area contributed by atoms with Crippen molar-refractivity contribution >= 4 is 11.4 Å². The van der Waals surface area contributed by atoms with Crippen molar-refractivity contribution in [1.29, 1.82) is 0 Å². The highest BCUT2D eigenvalue weighted by Crippen LogP contribution is 2.31. The summed E-state index contributed by atoms with van der Waals surface area (Å²) in [5, 5.41) is 7.98. The van der Waals surface area contributed by atoms with E-state index in [1.807, 2.05) is 19.2 Å². The van der Waals surface area contributed by atoms with E-state index in [-0.39, 0.29) is 11.7 Å². The maximum atomic E-state index is 12.8. The van der Waals surface area contributed by atoms with E-state index >= 15 is 0 Å². The molecule has 110 valence electrons. The average molecular weight is 284 g/mol. The van der Waals surface area contributed by atoms with Gasteiger partial charge >= 0.3 is 0 Å². The predicted octanol–water partition coefficient (Wildman–Crippen LogP) is 2.14. The smallest absolute Gasteiger partial charge is 0.169 e. The Bertz CT molecular complexity index is 681. The lowest BCUT2D eigenvalue weighted by Crippen LogP contribution is -2.50. The Morgan fingerprint density at radius 2 is 2.10 bits per heavy atom. The normalized spacial score (nSPS) is 28.7. The van der Waals surface area contributed by atoms with Crippen LogP contribution in [0.15, 0.2) is 18.5 Å². The molecule has 0 aromatic carbocycles. The van der Waals surface area contributed by atoms with Crippen LogP contribution in [-0.4, -0.2) is 32.5 Å². The van der Waals surface area contributed by atoms with Crippen LogP contribution in [0.3, 0.4) is 0 Å². The minimum atomic E-state index is 0.137. The molecule has 5 nitrogen and oxygen atoms in total. The monoisotopic (exact) mass is 284 g/mol. The van der Waals surface area contributed by atoms with Gasteiger partial charge in [-0.15, -0.1) is 0 Å². The van der Waals surface area contributed by atoms with E-state index in [1.165, 1.54) is 19.3 Å². The van der Waals surface area contributed by atoms with Gasteiger partial charge in [0.15, 0.2) is 11.4 Å². The minimum Gasteiger partial charge on any atom is -0.311 e. The Hall–Kier alpha value is -1.75. The number of Topliss-reactive ketones (excluding diaryl/α,β-unsaturated/α-hetero) is 1. The molecule has 4 rings (SSSR count). The number of piperidine rings is 2. The topological polar surface area (TPSA) is 59.3 Å². The Kier molecular flexibility index (Phi) is 3.03. The fourth-order valence-electron chi connectivity index (χ4n) is 3.84. The summed E-state index contributed by atoms with van der Waals surface area (Å²) in [6, 6.07) is 2.97. The number of carbonyl (C=O) groups excluding carboxylic acids is 1. The highest BCUT2D eigenvalue weighted by molar-refractivity contribution is 5.97. The number of hydrogen-bond donors (Lipinski definition) is 1. The van der Waals surface area contributed by atoms with Gasteiger partial charge in [-0.3, -0.25) is 4.79 Å². The zero-order chi connectivity index (χ0) is 14.4. The number of aromatic nitrogens is 3. The Morgan fingerprint density at radius 3 is 2.86 bits per heavy atom. The van der Waals surface area contributed by atoms with Crippen LogP contribution < -0.4 is 5.32 Å². The van der Waals surface area contributed by atoms with E-state index in [1.54, 1.807) is 10.7 Å². The van der Waals surface area contributed by atoms with Crippen molar-refractivity contribution in [1.82, 2.24) is 19.9 Å². The Balaban J connectivity index is 1.60. The fourth-order valence-corrected chi connectivity index (χ4v) is 3.84. The molecule has 1 N–H and O–H groups in total. The number of fused-ring (bicyclic) bond motifs is 3. The summed E-state index contributed by atoms with van der Waals surface area (Å²) in [6.07, 6.45) is 9.16. The van der Waals surface area contributed by atoms with Crippen LogP contribution in [0.2, 0.25) is 0 Å². The summed E-state index contributed by atoms with van der Waals surface area (Å²) >= 11 is 0. The third-order valence-electron chi connectivity index (χ3n) is 4.81. The van der Waals surface area contributed by atoms with Crippen LogP contribution in [0.5, 0.6) is 0 Å². The molecular formula is C16H20N4O. The standard InChI is InChI=1S/C16H20N4O/c1-10-5-15-17-8-12(9-20(15)19-10)16(21)11-6-13-3-2-4-14(7-11)18-13/h5,8-9,11,13-14,18H,2-4,6-7H2,1H3.